The Kier molecular flexibility index (Phi) is 3.98. The molecule has 23 heavy (non-hydrogen) atoms. The minimum atomic E-state index is -0.571. The molecule has 0 bridgehead atoms. The molecule has 9 heteroatoms. The summed E-state index contributed by atoms with van der Waals surface area (Å²) in [5.74, 6) is 0.0937. The number of benzene rings is 1. The van der Waals surface area contributed by atoms with Crippen LogP contribution < -0.4 is 10.4 Å². The lowest BCUT2D eigenvalue weighted by Gasteiger charge is -2.06. The van der Waals surface area contributed by atoms with Gasteiger partial charge in [0.15, 0.2) is 11.4 Å². The average Bonchev–Trinajstić information content (AvgIpc) is 2.85. The number of hydrogen-bond acceptors (Lipinski definition) is 5. The Morgan fingerprint density at radius 2 is 2.13 bits per heavy atom. The summed E-state index contributed by atoms with van der Waals surface area (Å²) < 4.78 is 8.05. The van der Waals surface area contributed by atoms with E-state index in [4.69, 9.17) is 16.3 Å². The number of nitro benzene ring substituents is 1. The average molecular weight is 335 g/mol. The maximum absolute atomic E-state index is 12.1. The van der Waals surface area contributed by atoms with Crippen LogP contribution in [-0.2, 0) is 6.54 Å². The van der Waals surface area contributed by atoms with Gasteiger partial charge in [0.1, 0.15) is 6.61 Å². The van der Waals surface area contributed by atoms with Gasteiger partial charge in [0.05, 0.1) is 11.5 Å². The number of ether oxygens (including phenoxy) is 1. The van der Waals surface area contributed by atoms with Crippen molar-refractivity contribution in [3.05, 3.63) is 68.2 Å². The minimum absolute atomic E-state index is 0.0618. The fourth-order valence-corrected chi connectivity index (χ4v) is 2.28. The van der Waals surface area contributed by atoms with E-state index in [1.807, 2.05) is 0 Å². The number of pyridine rings is 1. The van der Waals surface area contributed by atoms with Gasteiger partial charge in [-0.2, -0.15) is 0 Å². The van der Waals surface area contributed by atoms with E-state index in [1.54, 1.807) is 24.4 Å². The fraction of sp³-hybridized carbons (Fsp3) is 0.143. The molecule has 0 aliphatic rings. The first kappa shape index (κ1) is 15.0. The summed E-state index contributed by atoms with van der Waals surface area (Å²) in [6, 6.07) is 9.36. The van der Waals surface area contributed by atoms with Gasteiger partial charge in [0.2, 0.25) is 0 Å². The molecule has 0 amide bonds. The van der Waals surface area contributed by atoms with Crippen LogP contribution in [0.15, 0.2) is 47.4 Å². The standard InChI is InChI=1S/C14H11ClN4O4/c15-10-4-5-12(11(9-10)19(21)22)23-8-7-18-14(20)17-6-2-1-3-13(17)16-18/h1-6,9H,7-8H2. The van der Waals surface area contributed by atoms with Crippen LogP contribution in [0.2, 0.25) is 5.02 Å². The van der Waals surface area contributed by atoms with Crippen LogP contribution in [0.1, 0.15) is 0 Å². The molecule has 0 aliphatic heterocycles. The molecule has 118 valence electrons. The van der Waals surface area contributed by atoms with E-state index in [0.717, 1.165) is 0 Å². The molecule has 2 heterocycles. The van der Waals surface area contributed by atoms with Crippen LogP contribution in [0.4, 0.5) is 5.69 Å². The number of halogens is 1. The summed E-state index contributed by atoms with van der Waals surface area (Å²) in [7, 11) is 0. The highest BCUT2D eigenvalue weighted by atomic mass is 35.5. The van der Waals surface area contributed by atoms with Gasteiger partial charge < -0.3 is 4.74 Å². The second-order valence-corrected chi connectivity index (χ2v) is 5.09. The van der Waals surface area contributed by atoms with Crippen molar-refractivity contribution in [3.63, 3.8) is 0 Å². The molecule has 1 aromatic carbocycles. The van der Waals surface area contributed by atoms with Crippen molar-refractivity contribution in [2.45, 2.75) is 6.54 Å². The fourth-order valence-electron chi connectivity index (χ4n) is 2.11. The SMILES string of the molecule is O=c1n(CCOc2ccc(Cl)cc2[N+](=O)[O-])nc2ccccn12. The van der Waals surface area contributed by atoms with Gasteiger partial charge in [0, 0.05) is 17.3 Å². The molecule has 2 aromatic heterocycles. The Balaban J connectivity index is 1.75. The molecule has 8 nitrogen and oxygen atoms in total. The van der Waals surface area contributed by atoms with E-state index in [1.165, 1.54) is 27.3 Å². The smallest absolute Gasteiger partial charge is 0.350 e. The molecule has 0 fully saturated rings. The molecule has 0 saturated heterocycles. The molecule has 3 rings (SSSR count). The summed E-state index contributed by atoms with van der Waals surface area (Å²) >= 11 is 5.74. The molecule has 3 aromatic rings. The van der Waals surface area contributed by atoms with Gasteiger partial charge in [-0.05, 0) is 24.3 Å². The molecule has 0 saturated carbocycles. The zero-order valence-electron chi connectivity index (χ0n) is 11.8. The third-order valence-corrected chi connectivity index (χ3v) is 3.40. The zero-order valence-corrected chi connectivity index (χ0v) is 12.5. The number of nitrogens with zero attached hydrogens (tertiary/aromatic N) is 4. The predicted octanol–water partition coefficient (Wildman–Crippen LogP) is 2.14. The van der Waals surface area contributed by atoms with Gasteiger partial charge in [-0.3, -0.25) is 14.5 Å². The third kappa shape index (κ3) is 3.02. The molecule has 0 unspecified atom stereocenters. The van der Waals surface area contributed by atoms with Crippen LogP contribution >= 0.6 is 11.6 Å². The van der Waals surface area contributed by atoms with Crippen molar-refractivity contribution < 1.29 is 9.66 Å². The van der Waals surface area contributed by atoms with E-state index >= 15 is 0 Å². The van der Waals surface area contributed by atoms with Gasteiger partial charge in [-0.15, -0.1) is 5.10 Å². The largest absolute Gasteiger partial charge is 0.485 e. The monoisotopic (exact) mass is 334 g/mol. The molecule has 0 atom stereocenters. The van der Waals surface area contributed by atoms with Gasteiger partial charge in [-0.25, -0.2) is 9.48 Å². The lowest BCUT2D eigenvalue weighted by molar-refractivity contribution is -0.385. The number of hydrogen-bond donors (Lipinski definition) is 0. The van der Waals surface area contributed by atoms with E-state index in [2.05, 4.69) is 5.10 Å². The molecular formula is C14H11ClN4O4. The quantitative estimate of drug-likeness (QED) is 0.526. The van der Waals surface area contributed by atoms with Crippen LogP contribution in [0.5, 0.6) is 5.75 Å². The Bertz CT molecular complexity index is 934. The Morgan fingerprint density at radius 3 is 2.87 bits per heavy atom. The molecule has 0 radical (unpaired) electrons. The van der Waals surface area contributed by atoms with Gasteiger partial charge in [0.25, 0.3) is 0 Å². The van der Waals surface area contributed by atoms with Crippen molar-refractivity contribution in [2.75, 3.05) is 6.61 Å². The normalized spacial score (nSPS) is 10.8. The van der Waals surface area contributed by atoms with Crippen molar-refractivity contribution >= 4 is 22.9 Å². The summed E-state index contributed by atoms with van der Waals surface area (Å²) in [5, 5.41) is 15.4. The minimum Gasteiger partial charge on any atom is -0.485 e. The van der Waals surface area contributed by atoms with E-state index in [0.29, 0.717) is 5.65 Å². The van der Waals surface area contributed by atoms with Crippen LogP contribution in [0.3, 0.4) is 0 Å². The molecule has 0 spiro atoms. The highest BCUT2D eigenvalue weighted by molar-refractivity contribution is 6.30. The Hall–Kier alpha value is -2.87. The maximum Gasteiger partial charge on any atom is 0.350 e. The Morgan fingerprint density at radius 1 is 1.30 bits per heavy atom. The van der Waals surface area contributed by atoms with Crippen LogP contribution in [-0.4, -0.2) is 25.7 Å². The van der Waals surface area contributed by atoms with Crippen LogP contribution in [0, 0.1) is 10.1 Å². The maximum atomic E-state index is 12.1. The third-order valence-electron chi connectivity index (χ3n) is 3.17. The van der Waals surface area contributed by atoms with Gasteiger partial charge in [-0.1, -0.05) is 17.7 Å². The Labute approximate surface area is 134 Å². The molecule has 0 N–H and O–H groups in total. The number of aromatic nitrogens is 3. The first-order valence-corrected chi connectivity index (χ1v) is 7.05. The zero-order chi connectivity index (χ0) is 16.4. The summed E-state index contributed by atoms with van der Waals surface area (Å²) in [5.41, 5.74) is 0.00428. The van der Waals surface area contributed by atoms with Crippen molar-refractivity contribution in [1.29, 1.82) is 0 Å². The molecular weight excluding hydrogens is 324 g/mol. The van der Waals surface area contributed by atoms with Gasteiger partial charge >= 0.3 is 11.4 Å². The second kappa shape index (κ2) is 6.09. The first-order chi connectivity index (χ1) is 11.1. The number of fused-ring (bicyclic) bond motifs is 1. The topological polar surface area (TPSA) is 91.7 Å². The van der Waals surface area contributed by atoms with E-state index < -0.39 is 4.92 Å². The van der Waals surface area contributed by atoms with E-state index in [-0.39, 0.29) is 35.3 Å². The predicted molar refractivity (Wildman–Crippen MR) is 83.1 cm³/mol. The number of rotatable bonds is 5. The first-order valence-electron chi connectivity index (χ1n) is 6.67. The van der Waals surface area contributed by atoms with Crippen molar-refractivity contribution in [1.82, 2.24) is 14.2 Å². The molecule has 0 aliphatic carbocycles. The van der Waals surface area contributed by atoms with E-state index in [9.17, 15) is 14.9 Å². The van der Waals surface area contributed by atoms with Crippen LogP contribution in [0.25, 0.3) is 5.65 Å². The summed E-state index contributed by atoms with van der Waals surface area (Å²) in [4.78, 5) is 22.5. The number of nitro groups is 1. The lowest BCUT2D eigenvalue weighted by atomic mass is 10.3. The second-order valence-electron chi connectivity index (χ2n) is 4.65. The highest BCUT2D eigenvalue weighted by Crippen LogP contribution is 2.29. The highest BCUT2D eigenvalue weighted by Gasteiger charge is 2.16. The summed E-state index contributed by atoms with van der Waals surface area (Å²) in [6.45, 7) is 0.229. The van der Waals surface area contributed by atoms with Crippen molar-refractivity contribution in [3.8, 4) is 5.75 Å². The van der Waals surface area contributed by atoms with Crippen molar-refractivity contribution in [2.24, 2.45) is 0 Å². The summed E-state index contributed by atoms with van der Waals surface area (Å²) in [6.07, 6.45) is 1.62. The lowest BCUT2D eigenvalue weighted by Crippen LogP contribution is -2.24.